The molecular formula is C15H15Cl2N3O2S2. The highest BCUT2D eigenvalue weighted by molar-refractivity contribution is 8.18. The topological polar surface area (TPSA) is 70.6 Å². The largest absolute Gasteiger partial charge is 0.352 e. The maximum absolute atomic E-state index is 11.9. The van der Waals surface area contributed by atoms with Crippen molar-refractivity contribution >= 4 is 69.4 Å². The number of halogens is 2. The van der Waals surface area contributed by atoms with Gasteiger partial charge >= 0.3 is 0 Å². The lowest BCUT2D eigenvalue weighted by Crippen LogP contribution is -2.24. The minimum absolute atomic E-state index is 0.277. The molecule has 2 amide bonds. The van der Waals surface area contributed by atoms with Gasteiger partial charge in [-0.05, 0) is 42.3 Å². The third kappa shape index (κ3) is 5.44. The molecule has 128 valence electrons. The van der Waals surface area contributed by atoms with Gasteiger partial charge in [-0.2, -0.15) is 11.8 Å². The highest BCUT2D eigenvalue weighted by Gasteiger charge is 2.25. The standard InChI is InChI=1S/C15H15Cl2N3O2S2/c1-23-7-3-6-18-12(21)8-11-14(22)20-15(24-11)19-13-9(16)4-2-5-10(13)17/h2,4-5,8H,3,6-7H2,1H3,(H,18,21)(H,19,20,22). The van der Waals surface area contributed by atoms with E-state index in [2.05, 4.69) is 15.6 Å². The summed E-state index contributed by atoms with van der Waals surface area (Å²) in [4.78, 5) is 28.3. The van der Waals surface area contributed by atoms with E-state index in [9.17, 15) is 9.59 Å². The predicted molar refractivity (Wildman–Crippen MR) is 103 cm³/mol. The summed E-state index contributed by atoms with van der Waals surface area (Å²) in [5.74, 6) is 0.300. The minimum atomic E-state index is -0.374. The first-order chi connectivity index (χ1) is 11.5. The number of rotatable bonds is 6. The second-order valence-electron chi connectivity index (χ2n) is 4.69. The van der Waals surface area contributed by atoms with E-state index in [1.165, 1.54) is 6.08 Å². The summed E-state index contributed by atoms with van der Waals surface area (Å²) < 4.78 is 0. The van der Waals surface area contributed by atoms with Gasteiger partial charge in [0.2, 0.25) is 5.91 Å². The molecule has 0 saturated carbocycles. The lowest BCUT2D eigenvalue weighted by atomic mass is 10.3. The molecule has 5 nitrogen and oxygen atoms in total. The number of amidine groups is 1. The summed E-state index contributed by atoms with van der Waals surface area (Å²) in [5.41, 5.74) is 0.381. The van der Waals surface area contributed by atoms with Crippen molar-refractivity contribution < 1.29 is 9.59 Å². The molecular weight excluding hydrogens is 389 g/mol. The van der Waals surface area contributed by atoms with Crippen LogP contribution >= 0.6 is 46.7 Å². The van der Waals surface area contributed by atoms with Crippen LogP contribution in [0, 0.1) is 0 Å². The Morgan fingerprint density at radius 3 is 2.79 bits per heavy atom. The zero-order valence-corrected chi connectivity index (χ0v) is 15.9. The highest BCUT2D eigenvalue weighted by Crippen LogP contribution is 2.35. The second-order valence-corrected chi connectivity index (χ2v) is 7.52. The molecule has 1 aromatic rings. The molecule has 0 aliphatic carbocycles. The normalized spacial score (nSPS) is 17.4. The first-order valence-electron chi connectivity index (χ1n) is 7.01. The van der Waals surface area contributed by atoms with Gasteiger partial charge in [-0.1, -0.05) is 29.3 Å². The van der Waals surface area contributed by atoms with E-state index in [1.807, 2.05) is 6.26 Å². The number of amides is 2. The molecule has 0 spiro atoms. The van der Waals surface area contributed by atoms with E-state index in [0.717, 1.165) is 23.9 Å². The first-order valence-corrected chi connectivity index (χ1v) is 9.98. The smallest absolute Gasteiger partial charge is 0.264 e. The first kappa shape index (κ1) is 19.2. The Balaban J connectivity index is 2.04. The Kier molecular flexibility index (Phi) is 7.48. The number of hydrogen-bond acceptors (Lipinski definition) is 5. The third-order valence-corrected chi connectivity index (χ3v) is 5.11. The molecule has 1 fully saturated rings. The van der Waals surface area contributed by atoms with Gasteiger partial charge in [-0.15, -0.1) is 0 Å². The molecule has 2 rings (SSSR count). The fourth-order valence-corrected chi connectivity index (χ4v) is 3.49. The minimum Gasteiger partial charge on any atom is -0.352 e. The summed E-state index contributed by atoms with van der Waals surface area (Å²) >= 11 is 14.9. The zero-order chi connectivity index (χ0) is 17.5. The maximum Gasteiger partial charge on any atom is 0.264 e. The third-order valence-electron chi connectivity index (χ3n) is 2.89. The van der Waals surface area contributed by atoms with Gasteiger partial charge in [0.15, 0.2) is 5.17 Å². The van der Waals surface area contributed by atoms with Gasteiger partial charge in [0, 0.05) is 12.6 Å². The molecule has 2 N–H and O–H groups in total. The van der Waals surface area contributed by atoms with E-state index < -0.39 is 0 Å². The molecule has 1 aliphatic rings. The van der Waals surface area contributed by atoms with Gasteiger partial charge in [0.25, 0.3) is 5.91 Å². The summed E-state index contributed by atoms with van der Waals surface area (Å²) in [5, 5.41) is 6.43. The van der Waals surface area contributed by atoms with Crippen LogP contribution < -0.4 is 10.6 Å². The Morgan fingerprint density at radius 2 is 2.12 bits per heavy atom. The van der Waals surface area contributed by atoms with Crippen LogP contribution in [0.2, 0.25) is 10.0 Å². The second kappa shape index (κ2) is 9.36. The lowest BCUT2D eigenvalue weighted by Gasteiger charge is -2.01. The van der Waals surface area contributed by atoms with Gasteiger partial charge in [-0.25, -0.2) is 4.99 Å². The van der Waals surface area contributed by atoms with Gasteiger partial charge in [0.05, 0.1) is 15.0 Å². The van der Waals surface area contributed by atoms with Gasteiger partial charge in [-0.3, -0.25) is 9.59 Å². The van der Waals surface area contributed by atoms with E-state index in [0.29, 0.717) is 27.4 Å². The Morgan fingerprint density at radius 1 is 1.42 bits per heavy atom. The van der Waals surface area contributed by atoms with Crippen LogP contribution in [-0.2, 0) is 9.59 Å². The number of para-hydroxylation sites is 1. The van der Waals surface area contributed by atoms with Crippen LogP contribution in [0.4, 0.5) is 5.69 Å². The molecule has 0 radical (unpaired) electrons. The van der Waals surface area contributed by atoms with Crippen molar-refractivity contribution in [2.24, 2.45) is 4.99 Å². The number of nitrogens with zero attached hydrogens (tertiary/aromatic N) is 1. The molecule has 1 aromatic carbocycles. The zero-order valence-electron chi connectivity index (χ0n) is 12.8. The summed E-state index contributed by atoms with van der Waals surface area (Å²) in [7, 11) is 0. The molecule has 1 aliphatic heterocycles. The fourth-order valence-electron chi connectivity index (χ4n) is 1.78. The number of aliphatic imine (C=N–C) groups is 1. The molecule has 1 saturated heterocycles. The monoisotopic (exact) mass is 403 g/mol. The van der Waals surface area contributed by atoms with Crippen LogP contribution in [0.3, 0.4) is 0 Å². The van der Waals surface area contributed by atoms with Crippen molar-refractivity contribution in [3.63, 3.8) is 0 Å². The van der Waals surface area contributed by atoms with Crippen molar-refractivity contribution in [1.82, 2.24) is 10.6 Å². The van der Waals surface area contributed by atoms with Crippen molar-refractivity contribution in [2.45, 2.75) is 6.42 Å². The Hall–Kier alpha value is -1.15. The summed E-state index contributed by atoms with van der Waals surface area (Å²) in [6.45, 7) is 0.575. The maximum atomic E-state index is 11.9. The Bertz CT molecular complexity index is 688. The summed E-state index contributed by atoms with van der Waals surface area (Å²) in [6.07, 6.45) is 4.17. The SMILES string of the molecule is CSCCCNC(=O)C=C1SC(=Nc2c(Cl)cccc2Cl)NC1=O. The van der Waals surface area contributed by atoms with Gasteiger partial charge < -0.3 is 10.6 Å². The fraction of sp³-hybridized carbons (Fsp3) is 0.267. The molecule has 0 bridgehead atoms. The quantitative estimate of drug-likeness (QED) is 0.562. The Labute approximate surface area is 158 Å². The van der Waals surface area contributed by atoms with Crippen molar-refractivity contribution in [2.75, 3.05) is 18.6 Å². The van der Waals surface area contributed by atoms with E-state index in [1.54, 1.807) is 30.0 Å². The van der Waals surface area contributed by atoms with E-state index in [-0.39, 0.29) is 16.7 Å². The van der Waals surface area contributed by atoms with Crippen molar-refractivity contribution in [3.05, 3.63) is 39.2 Å². The number of benzene rings is 1. The molecule has 9 heteroatoms. The lowest BCUT2D eigenvalue weighted by molar-refractivity contribution is -0.118. The highest BCUT2D eigenvalue weighted by atomic mass is 35.5. The number of carbonyl (C=O) groups is 2. The molecule has 0 atom stereocenters. The van der Waals surface area contributed by atoms with Crippen LogP contribution in [-0.4, -0.2) is 35.5 Å². The number of carbonyl (C=O) groups excluding carboxylic acids is 2. The predicted octanol–water partition coefficient (Wildman–Crippen LogP) is 3.60. The summed E-state index contributed by atoms with van der Waals surface area (Å²) in [6, 6.07) is 5.03. The van der Waals surface area contributed by atoms with Gasteiger partial charge in [0.1, 0.15) is 5.69 Å². The van der Waals surface area contributed by atoms with Crippen LogP contribution in [0.1, 0.15) is 6.42 Å². The van der Waals surface area contributed by atoms with Crippen LogP contribution in [0.5, 0.6) is 0 Å². The number of hydrogen-bond donors (Lipinski definition) is 2. The average Bonchev–Trinajstić information content (AvgIpc) is 2.87. The van der Waals surface area contributed by atoms with Crippen LogP contribution in [0.15, 0.2) is 34.2 Å². The molecule has 24 heavy (non-hydrogen) atoms. The van der Waals surface area contributed by atoms with Crippen molar-refractivity contribution in [1.29, 1.82) is 0 Å². The van der Waals surface area contributed by atoms with E-state index >= 15 is 0 Å². The molecule has 0 aromatic heterocycles. The number of nitrogens with one attached hydrogen (secondary N) is 2. The number of thioether (sulfide) groups is 2. The van der Waals surface area contributed by atoms with E-state index in [4.69, 9.17) is 23.2 Å². The molecule has 1 heterocycles. The average molecular weight is 404 g/mol. The van der Waals surface area contributed by atoms with Crippen molar-refractivity contribution in [3.8, 4) is 0 Å². The van der Waals surface area contributed by atoms with Crippen LogP contribution in [0.25, 0.3) is 0 Å². The molecule has 0 unspecified atom stereocenters.